The van der Waals surface area contributed by atoms with Gasteiger partial charge in [-0.25, -0.2) is 13.1 Å². The molecule has 0 spiro atoms. The van der Waals surface area contributed by atoms with Gasteiger partial charge in [0.25, 0.3) is 5.91 Å². The molecule has 3 aliphatic rings. The fourth-order valence-electron chi connectivity index (χ4n) is 5.80. The largest absolute Gasteiger partial charge is 0.487 e. The average molecular weight is 573 g/mol. The fourth-order valence-corrected chi connectivity index (χ4v) is 6.94. The van der Waals surface area contributed by atoms with Gasteiger partial charge in [0.15, 0.2) is 0 Å². The minimum Gasteiger partial charge on any atom is -0.487 e. The number of amides is 1. The van der Waals surface area contributed by atoms with Gasteiger partial charge >= 0.3 is 0 Å². The summed E-state index contributed by atoms with van der Waals surface area (Å²) in [5.74, 6) is 0.509. The van der Waals surface area contributed by atoms with Gasteiger partial charge < -0.3 is 14.7 Å². The number of hydrogen-bond acceptors (Lipinski definition) is 6. The zero-order valence-corrected chi connectivity index (χ0v) is 23.9. The van der Waals surface area contributed by atoms with Crippen LogP contribution in [0.1, 0.15) is 66.9 Å². The number of sulfonamides is 1. The maximum atomic E-state index is 13.1. The first kappa shape index (κ1) is 28.0. The topological polar surface area (TPSA) is 95.9 Å². The van der Waals surface area contributed by atoms with Crippen LogP contribution in [0.3, 0.4) is 0 Å². The Kier molecular flexibility index (Phi) is 8.55. The van der Waals surface area contributed by atoms with Gasteiger partial charge in [0.2, 0.25) is 10.0 Å². The summed E-state index contributed by atoms with van der Waals surface area (Å²) in [7, 11) is -3.88. The number of aliphatic hydroxyl groups is 1. The summed E-state index contributed by atoms with van der Waals surface area (Å²) in [6.45, 7) is 3.44. The molecule has 2 heterocycles. The molecule has 39 heavy (non-hydrogen) atoms. The molecule has 0 radical (unpaired) electrons. The van der Waals surface area contributed by atoms with Crippen LogP contribution in [0.2, 0.25) is 5.02 Å². The number of carbonyl (C=O) groups excluding carboxylic acids is 1. The van der Waals surface area contributed by atoms with E-state index in [0.29, 0.717) is 29.7 Å². The molecule has 1 saturated carbocycles. The van der Waals surface area contributed by atoms with Crippen molar-refractivity contribution in [2.75, 3.05) is 18.0 Å². The maximum absolute atomic E-state index is 13.1. The van der Waals surface area contributed by atoms with Crippen LogP contribution in [-0.4, -0.2) is 43.9 Å². The summed E-state index contributed by atoms with van der Waals surface area (Å²) < 4.78 is 34.4. The van der Waals surface area contributed by atoms with E-state index in [-0.39, 0.29) is 17.9 Å². The summed E-state index contributed by atoms with van der Waals surface area (Å²) in [5, 5.41) is 10.9. The molecule has 4 atom stereocenters. The Morgan fingerprint density at radius 2 is 1.87 bits per heavy atom. The van der Waals surface area contributed by atoms with Crippen molar-refractivity contribution in [2.45, 2.75) is 69.8 Å². The number of ether oxygens (including phenoxy) is 1. The first-order valence-corrected chi connectivity index (χ1v) is 15.8. The van der Waals surface area contributed by atoms with E-state index < -0.39 is 27.3 Å². The molecular formula is C30H37ClN2O5S. The summed E-state index contributed by atoms with van der Waals surface area (Å²) in [5.41, 5.74) is 3.30. The van der Waals surface area contributed by atoms with Crippen molar-refractivity contribution in [1.82, 2.24) is 4.72 Å². The van der Waals surface area contributed by atoms with Crippen molar-refractivity contribution in [3.63, 3.8) is 0 Å². The highest BCUT2D eigenvalue weighted by molar-refractivity contribution is 7.90. The Morgan fingerprint density at radius 3 is 2.67 bits per heavy atom. The first-order chi connectivity index (χ1) is 18.7. The van der Waals surface area contributed by atoms with Gasteiger partial charge in [-0.3, -0.25) is 4.79 Å². The molecule has 9 heteroatoms. The molecule has 1 amide bonds. The van der Waals surface area contributed by atoms with Crippen molar-refractivity contribution in [3.05, 3.63) is 70.3 Å². The number of nitrogens with one attached hydrogen (secondary N) is 1. The maximum Gasteiger partial charge on any atom is 0.264 e. The average Bonchev–Trinajstić information content (AvgIpc) is 2.91. The molecule has 7 nitrogen and oxygen atoms in total. The predicted molar refractivity (Wildman–Crippen MR) is 154 cm³/mol. The number of anilines is 1. The Labute approximate surface area is 236 Å². The summed E-state index contributed by atoms with van der Waals surface area (Å²) in [6, 6.07) is 11.0. The second-order valence-electron chi connectivity index (χ2n) is 11.1. The lowest BCUT2D eigenvalue weighted by molar-refractivity contribution is 0.0180. The number of hydrogen-bond donors (Lipinski definition) is 2. The number of halogens is 1. The lowest BCUT2D eigenvalue weighted by atomic mass is 9.69. The standard InChI is InChI=1S/C30H37ClN2O5S/c1-20-6-2-3-8-28(34)26-13-10-23(26)18-33-15-5-4-7-21-16-25(31)12-9-24(21)19-38-29-14-11-22(17-27(29)33)30(35)32-39(20,36)37/h2-3,9,11-12,14,16-17,20,23,26,28,34H,4-8,10,13,15,18-19H2,1H3,(H,32,35)/b3-2-/t20-,23-,26+,28+/m0/s1. The highest BCUT2D eigenvalue weighted by Gasteiger charge is 2.37. The van der Waals surface area contributed by atoms with Crippen LogP contribution >= 0.6 is 11.6 Å². The number of aliphatic hydroxyl groups excluding tert-OH is 1. The van der Waals surface area contributed by atoms with E-state index in [0.717, 1.165) is 56.4 Å². The van der Waals surface area contributed by atoms with E-state index in [2.05, 4.69) is 9.62 Å². The van der Waals surface area contributed by atoms with Crippen LogP contribution in [0.25, 0.3) is 0 Å². The zero-order valence-electron chi connectivity index (χ0n) is 22.3. The van der Waals surface area contributed by atoms with Gasteiger partial charge in [0.05, 0.1) is 17.0 Å². The van der Waals surface area contributed by atoms with E-state index in [4.69, 9.17) is 16.3 Å². The molecule has 1 aliphatic carbocycles. The van der Waals surface area contributed by atoms with Gasteiger partial charge in [0.1, 0.15) is 12.4 Å². The Bertz CT molecular complexity index is 1340. The van der Waals surface area contributed by atoms with Crippen LogP contribution in [0, 0.1) is 11.8 Å². The molecular weight excluding hydrogens is 536 g/mol. The molecule has 2 aromatic rings. The van der Waals surface area contributed by atoms with E-state index in [1.165, 1.54) is 5.56 Å². The second-order valence-corrected chi connectivity index (χ2v) is 13.6. The molecule has 2 bridgehead atoms. The number of rotatable bonds is 0. The Balaban J connectivity index is 1.53. The third-order valence-corrected chi connectivity index (χ3v) is 10.4. The number of benzene rings is 2. The Hall–Kier alpha value is -2.55. The van der Waals surface area contributed by atoms with Gasteiger partial charge in [-0.15, -0.1) is 0 Å². The zero-order chi connectivity index (χ0) is 27.6. The summed E-state index contributed by atoms with van der Waals surface area (Å²) >= 11 is 6.28. The van der Waals surface area contributed by atoms with E-state index >= 15 is 0 Å². The van der Waals surface area contributed by atoms with Crippen LogP contribution in [-0.2, 0) is 23.1 Å². The molecule has 0 aromatic heterocycles. The third-order valence-electron chi connectivity index (χ3n) is 8.44. The van der Waals surface area contributed by atoms with E-state index in [1.807, 2.05) is 24.3 Å². The number of fused-ring (bicyclic) bond motifs is 3. The van der Waals surface area contributed by atoms with Gasteiger partial charge in [-0.1, -0.05) is 29.8 Å². The first-order valence-electron chi connectivity index (χ1n) is 13.9. The highest BCUT2D eigenvalue weighted by atomic mass is 35.5. The van der Waals surface area contributed by atoms with Crippen molar-refractivity contribution >= 4 is 33.2 Å². The SMILES string of the molecule is C[C@H]1C/C=C\C[C@@H](O)[C@@H]2CC[C@H]2CN2CCCCc3cc(Cl)ccc3COc3ccc(cc32)C(=O)NS1(=O)=O. The minimum absolute atomic E-state index is 0.184. The number of allylic oxidation sites excluding steroid dienone is 1. The molecule has 2 N–H and O–H groups in total. The fraction of sp³-hybridized carbons (Fsp3) is 0.500. The normalized spacial score (nSPS) is 28.4. The second kappa shape index (κ2) is 11.9. The molecule has 0 saturated heterocycles. The van der Waals surface area contributed by atoms with Crippen molar-refractivity contribution in [2.24, 2.45) is 11.8 Å². The van der Waals surface area contributed by atoms with Crippen LogP contribution in [0.15, 0.2) is 48.6 Å². The monoisotopic (exact) mass is 572 g/mol. The number of nitrogens with zero attached hydrogens (tertiary/aromatic N) is 1. The quantitative estimate of drug-likeness (QED) is 0.419. The smallest absolute Gasteiger partial charge is 0.264 e. The number of carbonyl (C=O) groups is 1. The number of aryl methyl sites for hydroxylation is 1. The van der Waals surface area contributed by atoms with Crippen molar-refractivity contribution in [1.29, 1.82) is 0 Å². The molecule has 5 rings (SSSR count). The highest BCUT2D eigenvalue weighted by Crippen LogP contribution is 2.41. The van der Waals surface area contributed by atoms with Gasteiger partial charge in [-0.05, 0) is 105 Å². The van der Waals surface area contributed by atoms with Gasteiger partial charge in [-0.2, -0.15) is 0 Å². The molecule has 2 aliphatic heterocycles. The van der Waals surface area contributed by atoms with E-state index in [9.17, 15) is 18.3 Å². The van der Waals surface area contributed by atoms with E-state index in [1.54, 1.807) is 31.2 Å². The summed E-state index contributed by atoms with van der Waals surface area (Å²) in [4.78, 5) is 15.4. The molecule has 0 unspecified atom stereocenters. The summed E-state index contributed by atoms with van der Waals surface area (Å²) in [6.07, 6.45) is 8.75. The molecule has 2 aromatic carbocycles. The predicted octanol–water partition coefficient (Wildman–Crippen LogP) is 5.25. The van der Waals surface area contributed by atoms with Crippen LogP contribution < -0.4 is 14.4 Å². The molecule has 210 valence electrons. The lowest BCUT2D eigenvalue weighted by Gasteiger charge is -2.43. The lowest BCUT2D eigenvalue weighted by Crippen LogP contribution is -2.43. The minimum atomic E-state index is -3.88. The molecule has 1 fully saturated rings. The van der Waals surface area contributed by atoms with Crippen molar-refractivity contribution in [3.8, 4) is 5.75 Å². The third kappa shape index (κ3) is 6.44. The van der Waals surface area contributed by atoms with Crippen LogP contribution in [0.4, 0.5) is 5.69 Å². The van der Waals surface area contributed by atoms with Gasteiger partial charge in [0, 0.05) is 23.7 Å². The van der Waals surface area contributed by atoms with Crippen molar-refractivity contribution < 1.29 is 23.1 Å². The van der Waals surface area contributed by atoms with Crippen LogP contribution in [0.5, 0.6) is 5.75 Å². The Morgan fingerprint density at radius 1 is 1.05 bits per heavy atom.